The normalized spacial score (nSPS) is 10.8. The van der Waals surface area contributed by atoms with Crippen LogP contribution in [0.25, 0.3) is 10.2 Å². The number of nitrogens with zero attached hydrogens (tertiary/aromatic N) is 1. The molecule has 0 aliphatic carbocycles. The molecule has 1 heterocycles. The van der Waals surface area contributed by atoms with Gasteiger partial charge in [0.1, 0.15) is 11.6 Å². The van der Waals surface area contributed by atoms with E-state index in [2.05, 4.69) is 10.3 Å². The molecule has 0 saturated carbocycles. The second-order valence-corrected chi connectivity index (χ2v) is 7.67. The smallest absolute Gasteiger partial charge is 0.236 e. The summed E-state index contributed by atoms with van der Waals surface area (Å²) < 4.78 is 20.4. The Morgan fingerprint density at radius 2 is 2.07 bits per heavy atom. The molecule has 0 unspecified atom stereocenters. The predicted octanol–water partition coefficient (Wildman–Crippen LogP) is 4.77. The van der Waals surface area contributed by atoms with Crippen LogP contribution in [0.15, 0.2) is 41.3 Å². The molecule has 0 atom stereocenters. The third kappa shape index (κ3) is 4.84. The summed E-state index contributed by atoms with van der Waals surface area (Å²) in [5.74, 6) is -0.197. The van der Waals surface area contributed by atoms with Crippen molar-refractivity contribution >= 4 is 50.1 Å². The molecule has 8 heteroatoms. The fraction of sp³-hybridized carbons (Fsp3) is 0.211. The average Bonchev–Trinajstić information content (AvgIpc) is 3.02. The van der Waals surface area contributed by atoms with E-state index < -0.39 is 5.82 Å². The number of fused-ring (bicyclic) bond motifs is 1. The summed E-state index contributed by atoms with van der Waals surface area (Å²) in [6, 6.07) is 9.80. The zero-order chi connectivity index (χ0) is 19.4. The minimum Gasteiger partial charge on any atom is -0.494 e. The van der Waals surface area contributed by atoms with Crippen molar-refractivity contribution in [3.05, 3.63) is 47.8 Å². The van der Waals surface area contributed by atoms with Gasteiger partial charge in [-0.25, -0.2) is 9.37 Å². The molecule has 140 valence electrons. The van der Waals surface area contributed by atoms with Crippen molar-refractivity contribution in [2.24, 2.45) is 0 Å². The molecule has 0 saturated heterocycles. The molecule has 3 aromatic rings. The molecular weight excluding hydrogens is 387 g/mol. The maximum atomic E-state index is 14.0. The highest BCUT2D eigenvalue weighted by Gasteiger charge is 2.12. The quantitative estimate of drug-likeness (QED) is 0.454. The van der Waals surface area contributed by atoms with E-state index in [4.69, 9.17) is 4.74 Å². The lowest BCUT2D eigenvalue weighted by Gasteiger charge is -2.04. The number of aromatic nitrogens is 1. The van der Waals surface area contributed by atoms with Crippen molar-refractivity contribution in [2.45, 2.75) is 18.7 Å². The average molecular weight is 404 g/mol. The number of nitrogens with one attached hydrogen (secondary N) is 1. The monoisotopic (exact) mass is 404 g/mol. The number of carbonyl (C=O) groups is 2. The van der Waals surface area contributed by atoms with E-state index in [0.717, 1.165) is 27.7 Å². The lowest BCUT2D eigenvalue weighted by molar-refractivity contribution is -0.113. The molecule has 5 nitrogen and oxygen atoms in total. The van der Waals surface area contributed by atoms with Gasteiger partial charge in [-0.3, -0.25) is 9.59 Å². The molecule has 1 aromatic heterocycles. The van der Waals surface area contributed by atoms with Gasteiger partial charge in [-0.2, -0.15) is 0 Å². The SMILES string of the molecule is CCOc1ccc2nc(NC(=O)CSc3ccc(C(C)=O)cc3F)sc2c1. The fourth-order valence-corrected chi connectivity index (χ4v) is 3.98. The third-order valence-corrected chi connectivity index (χ3v) is 5.60. The molecule has 0 aliphatic rings. The van der Waals surface area contributed by atoms with E-state index in [0.29, 0.717) is 22.2 Å². The van der Waals surface area contributed by atoms with Crippen molar-refractivity contribution in [2.75, 3.05) is 17.7 Å². The van der Waals surface area contributed by atoms with Gasteiger partial charge in [0.15, 0.2) is 10.9 Å². The topological polar surface area (TPSA) is 68.3 Å². The molecule has 1 N–H and O–H groups in total. The molecule has 1 amide bonds. The number of hydrogen-bond donors (Lipinski definition) is 1. The molecule has 0 fully saturated rings. The number of rotatable bonds is 7. The van der Waals surface area contributed by atoms with Gasteiger partial charge in [-0.15, -0.1) is 11.8 Å². The van der Waals surface area contributed by atoms with Crippen molar-refractivity contribution in [3.8, 4) is 5.75 Å². The zero-order valence-corrected chi connectivity index (χ0v) is 16.4. The number of hydrogen-bond acceptors (Lipinski definition) is 6. The van der Waals surface area contributed by atoms with Crippen LogP contribution in [0.1, 0.15) is 24.2 Å². The fourth-order valence-electron chi connectivity index (χ4n) is 2.35. The summed E-state index contributed by atoms with van der Waals surface area (Å²) in [7, 11) is 0. The number of benzene rings is 2. The number of thiazole rings is 1. The highest BCUT2D eigenvalue weighted by atomic mass is 32.2. The summed E-state index contributed by atoms with van der Waals surface area (Å²) in [4.78, 5) is 28.1. The van der Waals surface area contributed by atoms with Gasteiger partial charge in [0.2, 0.25) is 5.91 Å². The Hall–Kier alpha value is -2.45. The predicted molar refractivity (Wildman–Crippen MR) is 107 cm³/mol. The van der Waals surface area contributed by atoms with Crippen LogP contribution < -0.4 is 10.1 Å². The first kappa shape index (κ1) is 19.3. The maximum Gasteiger partial charge on any atom is 0.236 e. The van der Waals surface area contributed by atoms with E-state index in [1.165, 1.54) is 30.4 Å². The number of halogens is 1. The van der Waals surface area contributed by atoms with E-state index in [-0.39, 0.29) is 17.4 Å². The lowest BCUT2D eigenvalue weighted by Crippen LogP contribution is -2.13. The number of ether oxygens (including phenoxy) is 1. The number of Topliss-reactive ketones (excluding diaryl/α,β-unsaturated/α-hetero) is 1. The third-order valence-electron chi connectivity index (χ3n) is 3.61. The Morgan fingerprint density at radius 1 is 1.26 bits per heavy atom. The van der Waals surface area contributed by atoms with Crippen LogP contribution in [-0.4, -0.2) is 29.0 Å². The van der Waals surface area contributed by atoms with Crippen LogP contribution in [0.3, 0.4) is 0 Å². The van der Waals surface area contributed by atoms with E-state index in [1.54, 1.807) is 6.07 Å². The van der Waals surface area contributed by atoms with Crippen molar-refractivity contribution in [1.82, 2.24) is 4.98 Å². The number of anilines is 1. The Morgan fingerprint density at radius 3 is 2.78 bits per heavy atom. The maximum absolute atomic E-state index is 14.0. The van der Waals surface area contributed by atoms with Gasteiger partial charge in [0.25, 0.3) is 0 Å². The first-order valence-electron chi connectivity index (χ1n) is 8.23. The second-order valence-electron chi connectivity index (χ2n) is 5.62. The van der Waals surface area contributed by atoms with Crippen molar-refractivity contribution in [1.29, 1.82) is 0 Å². The number of amides is 1. The summed E-state index contributed by atoms with van der Waals surface area (Å²) in [6.07, 6.45) is 0. The van der Waals surface area contributed by atoms with Crippen LogP contribution in [0.2, 0.25) is 0 Å². The van der Waals surface area contributed by atoms with E-state index in [9.17, 15) is 14.0 Å². The van der Waals surface area contributed by atoms with Gasteiger partial charge >= 0.3 is 0 Å². The summed E-state index contributed by atoms with van der Waals surface area (Å²) in [5.41, 5.74) is 1.08. The molecule has 0 bridgehead atoms. The first-order chi connectivity index (χ1) is 13.0. The minimum atomic E-state index is -0.510. The summed E-state index contributed by atoms with van der Waals surface area (Å²) >= 11 is 2.42. The number of ketones is 1. The van der Waals surface area contributed by atoms with Gasteiger partial charge in [-0.1, -0.05) is 17.4 Å². The molecule has 0 radical (unpaired) electrons. The standard InChI is InChI=1S/C19H17FN2O3S2/c1-3-25-13-5-6-15-17(9-13)27-19(21-15)22-18(24)10-26-16-7-4-12(11(2)23)8-14(16)20/h4-9H,3,10H2,1-2H3,(H,21,22,24). The van der Waals surface area contributed by atoms with Gasteiger partial charge in [0.05, 0.1) is 22.6 Å². The molecule has 2 aromatic carbocycles. The van der Waals surface area contributed by atoms with E-state index >= 15 is 0 Å². The summed E-state index contributed by atoms with van der Waals surface area (Å²) in [5, 5.41) is 3.22. The van der Waals surface area contributed by atoms with Crippen LogP contribution in [0.5, 0.6) is 5.75 Å². The van der Waals surface area contributed by atoms with Crippen LogP contribution in [-0.2, 0) is 4.79 Å². The van der Waals surface area contributed by atoms with Crippen LogP contribution in [0, 0.1) is 5.82 Å². The number of carbonyl (C=O) groups excluding carboxylic acids is 2. The Bertz CT molecular complexity index is 1000. The second kappa shape index (κ2) is 8.49. The highest BCUT2D eigenvalue weighted by molar-refractivity contribution is 8.00. The highest BCUT2D eigenvalue weighted by Crippen LogP contribution is 2.30. The molecule has 0 spiro atoms. The Labute approximate surface area is 163 Å². The molecular formula is C19H17FN2O3S2. The minimum absolute atomic E-state index is 0.0382. The van der Waals surface area contributed by atoms with Gasteiger partial charge in [-0.05, 0) is 44.2 Å². The molecule has 3 rings (SSSR count). The van der Waals surface area contributed by atoms with Gasteiger partial charge < -0.3 is 10.1 Å². The van der Waals surface area contributed by atoms with Crippen LogP contribution in [0.4, 0.5) is 9.52 Å². The van der Waals surface area contributed by atoms with Crippen molar-refractivity contribution in [3.63, 3.8) is 0 Å². The summed E-state index contributed by atoms with van der Waals surface area (Å²) in [6.45, 7) is 3.87. The van der Waals surface area contributed by atoms with E-state index in [1.807, 2.05) is 25.1 Å². The zero-order valence-electron chi connectivity index (χ0n) is 14.7. The van der Waals surface area contributed by atoms with Crippen molar-refractivity contribution < 1.29 is 18.7 Å². The molecule has 27 heavy (non-hydrogen) atoms. The lowest BCUT2D eigenvalue weighted by atomic mass is 10.1. The Kier molecular flexibility index (Phi) is 6.08. The molecule has 0 aliphatic heterocycles. The van der Waals surface area contributed by atoms with Crippen LogP contribution >= 0.6 is 23.1 Å². The Balaban J connectivity index is 1.62. The largest absolute Gasteiger partial charge is 0.494 e. The first-order valence-corrected chi connectivity index (χ1v) is 10.0. The number of thioether (sulfide) groups is 1. The van der Waals surface area contributed by atoms with Gasteiger partial charge in [0, 0.05) is 10.5 Å².